The Balaban J connectivity index is 2.12. The van der Waals surface area contributed by atoms with Crippen LogP contribution in [0, 0.1) is 17.0 Å². The molecule has 130 valence electrons. The maximum absolute atomic E-state index is 12.2. The van der Waals surface area contributed by atoms with E-state index in [-0.39, 0.29) is 22.1 Å². The van der Waals surface area contributed by atoms with E-state index in [9.17, 15) is 20.0 Å². The van der Waals surface area contributed by atoms with Gasteiger partial charge in [-0.3, -0.25) is 20.2 Å². The van der Waals surface area contributed by atoms with Crippen LogP contribution in [0.25, 0.3) is 0 Å². The van der Waals surface area contributed by atoms with Gasteiger partial charge >= 0.3 is 0 Å². The molecule has 2 aromatic rings. The molecule has 0 atom stereocenters. The number of nitro groups is 1. The summed E-state index contributed by atoms with van der Waals surface area (Å²) >= 11 is 5.07. The molecule has 0 aliphatic carbocycles. The maximum atomic E-state index is 12.2. The van der Waals surface area contributed by atoms with Crippen LogP contribution in [0.3, 0.4) is 0 Å². The summed E-state index contributed by atoms with van der Waals surface area (Å²) in [5.74, 6) is -0.577. The molecule has 0 aliphatic heterocycles. The first-order valence-corrected chi connectivity index (χ1v) is 7.92. The molecule has 8 heteroatoms. The van der Waals surface area contributed by atoms with Crippen LogP contribution in [0.15, 0.2) is 36.4 Å². The molecule has 0 spiro atoms. The Morgan fingerprint density at radius 1 is 1.28 bits per heavy atom. The highest BCUT2D eigenvalue weighted by atomic mass is 32.1. The zero-order valence-electron chi connectivity index (χ0n) is 13.7. The third-order valence-corrected chi connectivity index (χ3v) is 3.82. The van der Waals surface area contributed by atoms with Gasteiger partial charge in [0.25, 0.3) is 11.6 Å². The Hall–Kier alpha value is -3.00. The summed E-state index contributed by atoms with van der Waals surface area (Å²) < 4.78 is 0. The fourth-order valence-electron chi connectivity index (χ4n) is 2.18. The van der Waals surface area contributed by atoms with E-state index in [1.54, 1.807) is 19.1 Å². The number of hydrogen-bond acceptors (Lipinski definition) is 5. The van der Waals surface area contributed by atoms with Crippen molar-refractivity contribution in [2.75, 3.05) is 5.32 Å². The number of carbonyl (C=O) groups is 1. The van der Waals surface area contributed by atoms with Crippen molar-refractivity contribution in [3.05, 3.63) is 63.2 Å². The topological polar surface area (TPSA) is 104 Å². The number of thiocarbonyl (C=S) groups is 1. The van der Waals surface area contributed by atoms with Crippen molar-refractivity contribution < 1.29 is 14.8 Å². The number of nitrogens with one attached hydrogen (secondary N) is 2. The number of aryl methyl sites for hydroxylation is 2. The van der Waals surface area contributed by atoms with Crippen molar-refractivity contribution in [1.82, 2.24) is 5.32 Å². The van der Waals surface area contributed by atoms with Crippen LogP contribution in [0.4, 0.5) is 11.4 Å². The van der Waals surface area contributed by atoms with E-state index < -0.39 is 10.8 Å². The molecule has 0 heterocycles. The van der Waals surface area contributed by atoms with Crippen LogP contribution >= 0.6 is 12.2 Å². The second-order valence-corrected chi connectivity index (χ2v) is 5.78. The molecule has 2 aromatic carbocycles. The van der Waals surface area contributed by atoms with Gasteiger partial charge in [-0.05, 0) is 49.3 Å². The van der Waals surface area contributed by atoms with Gasteiger partial charge in [0.05, 0.1) is 10.6 Å². The molecule has 3 N–H and O–H groups in total. The molecule has 0 bridgehead atoms. The second-order valence-electron chi connectivity index (χ2n) is 5.37. The standard InChI is InChI=1S/C17H17N3O4S/c1-3-11-5-7-15(21)13(8-11)18-17(25)19-16(22)12-6-4-10(2)14(9-12)20(23)24/h4-9,21H,3H2,1-2H3,(H2,18,19,22,25). The van der Waals surface area contributed by atoms with Crippen molar-refractivity contribution in [3.8, 4) is 5.75 Å². The molecule has 0 unspecified atom stereocenters. The van der Waals surface area contributed by atoms with Gasteiger partial charge in [0.1, 0.15) is 5.75 Å². The third kappa shape index (κ3) is 4.51. The molecule has 0 fully saturated rings. The van der Waals surface area contributed by atoms with E-state index in [0.717, 1.165) is 12.0 Å². The Bertz CT molecular complexity index is 852. The van der Waals surface area contributed by atoms with Crippen LogP contribution in [-0.4, -0.2) is 21.0 Å². The van der Waals surface area contributed by atoms with E-state index >= 15 is 0 Å². The summed E-state index contributed by atoms with van der Waals surface area (Å²) in [6.45, 7) is 3.57. The predicted octanol–water partition coefficient (Wildman–Crippen LogP) is 3.30. The van der Waals surface area contributed by atoms with Gasteiger partial charge in [-0.15, -0.1) is 0 Å². The minimum Gasteiger partial charge on any atom is -0.506 e. The van der Waals surface area contributed by atoms with Gasteiger partial charge in [-0.1, -0.05) is 19.1 Å². The molecule has 7 nitrogen and oxygen atoms in total. The van der Waals surface area contributed by atoms with E-state index in [0.29, 0.717) is 11.3 Å². The van der Waals surface area contributed by atoms with Crippen molar-refractivity contribution in [1.29, 1.82) is 0 Å². The van der Waals surface area contributed by atoms with E-state index in [1.807, 2.05) is 6.92 Å². The summed E-state index contributed by atoms with van der Waals surface area (Å²) in [4.78, 5) is 22.6. The third-order valence-electron chi connectivity index (χ3n) is 3.61. The number of amides is 1. The molecule has 0 aliphatic rings. The number of carbonyl (C=O) groups excluding carboxylic acids is 1. The highest BCUT2D eigenvalue weighted by molar-refractivity contribution is 7.80. The molecule has 2 rings (SSSR count). The average Bonchev–Trinajstić information content (AvgIpc) is 2.56. The van der Waals surface area contributed by atoms with Gasteiger partial charge in [0, 0.05) is 17.2 Å². The van der Waals surface area contributed by atoms with E-state index in [1.165, 1.54) is 24.3 Å². The normalized spacial score (nSPS) is 10.2. The zero-order valence-corrected chi connectivity index (χ0v) is 14.5. The molecule has 0 aromatic heterocycles. The number of nitro benzene ring substituents is 1. The number of nitrogens with zero attached hydrogens (tertiary/aromatic N) is 1. The molecule has 0 radical (unpaired) electrons. The first-order valence-electron chi connectivity index (χ1n) is 7.51. The highest BCUT2D eigenvalue weighted by Crippen LogP contribution is 2.24. The molecular weight excluding hydrogens is 342 g/mol. The summed E-state index contributed by atoms with van der Waals surface area (Å²) in [6.07, 6.45) is 0.779. The Morgan fingerprint density at radius 3 is 2.64 bits per heavy atom. The molecule has 25 heavy (non-hydrogen) atoms. The lowest BCUT2D eigenvalue weighted by atomic mass is 10.1. The van der Waals surface area contributed by atoms with Crippen molar-refractivity contribution in [2.24, 2.45) is 0 Å². The Morgan fingerprint density at radius 2 is 2.00 bits per heavy atom. The lowest BCUT2D eigenvalue weighted by molar-refractivity contribution is -0.385. The predicted molar refractivity (Wildman–Crippen MR) is 99.0 cm³/mol. The highest BCUT2D eigenvalue weighted by Gasteiger charge is 2.16. The molecular formula is C17H17N3O4S. The summed E-state index contributed by atoms with van der Waals surface area (Å²) in [7, 11) is 0. The lowest BCUT2D eigenvalue weighted by Gasteiger charge is -2.12. The van der Waals surface area contributed by atoms with Gasteiger partial charge in [-0.25, -0.2) is 0 Å². The smallest absolute Gasteiger partial charge is 0.273 e. The first kappa shape index (κ1) is 18.3. The number of rotatable bonds is 4. The lowest BCUT2D eigenvalue weighted by Crippen LogP contribution is -2.34. The fraction of sp³-hybridized carbons (Fsp3) is 0.176. The quantitative estimate of drug-likeness (QED) is 0.335. The molecule has 0 saturated heterocycles. The minimum atomic E-state index is -0.577. The summed E-state index contributed by atoms with van der Waals surface area (Å²) in [5, 5.41) is 26.0. The second kappa shape index (κ2) is 7.71. The largest absolute Gasteiger partial charge is 0.506 e. The molecule has 1 amide bonds. The zero-order chi connectivity index (χ0) is 18.6. The number of phenols is 1. The Labute approximate surface area is 149 Å². The number of anilines is 1. The molecule has 0 saturated carbocycles. The fourth-order valence-corrected chi connectivity index (χ4v) is 2.38. The minimum absolute atomic E-state index is 0.000210. The monoisotopic (exact) mass is 359 g/mol. The average molecular weight is 359 g/mol. The van der Waals surface area contributed by atoms with Gasteiger partial charge in [-0.2, -0.15) is 0 Å². The number of benzene rings is 2. The van der Waals surface area contributed by atoms with Gasteiger partial charge < -0.3 is 10.4 Å². The van der Waals surface area contributed by atoms with Crippen molar-refractivity contribution in [3.63, 3.8) is 0 Å². The SMILES string of the molecule is CCc1ccc(O)c(NC(=S)NC(=O)c2ccc(C)c([N+](=O)[O-])c2)c1. The summed E-state index contributed by atoms with van der Waals surface area (Å²) in [6, 6.07) is 9.23. The van der Waals surface area contributed by atoms with Crippen LogP contribution < -0.4 is 10.6 Å². The van der Waals surface area contributed by atoms with Crippen LogP contribution in [0.1, 0.15) is 28.4 Å². The number of aromatic hydroxyl groups is 1. The van der Waals surface area contributed by atoms with Gasteiger partial charge in [0.2, 0.25) is 0 Å². The van der Waals surface area contributed by atoms with Crippen molar-refractivity contribution >= 4 is 34.6 Å². The van der Waals surface area contributed by atoms with Crippen molar-refractivity contribution in [2.45, 2.75) is 20.3 Å². The number of hydrogen-bond donors (Lipinski definition) is 3. The van der Waals surface area contributed by atoms with E-state index in [2.05, 4.69) is 10.6 Å². The van der Waals surface area contributed by atoms with Crippen LogP contribution in [-0.2, 0) is 6.42 Å². The van der Waals surface area contributed by atoms with Gasteiger partial charge in [0.15, 0.2) is 5.11 Å². The van der Waals surface area contributed by atoms with Crippen LogP contribution in [0.5, 0.6) is 5.75 Å². The first-order chi connectivity index (χ1) is 11.8. The Kier molecular flexibility index (Phi) is 5.66. The van der Waals surface area contributed by atoms with E-state index in [4.69, 9.17) is 12.2 Å². The number of phenolic OH excluding ortho intramolecular Hbond substituents is 1. The van der Waals surface area contributed by atoms with Crippen LogP contribution in [0.2, 0.25) is 0 Å². The maximum Gasteiger partial charge on any atom is 0.273 e. The summed E-state index contributed by atoms with van der Waals surface area (Å²) in [5.41, 5.74) is 1.81.